The van der Waals surface area contributed by atoms with E-state index in [1.54, 1.807) is 48.9 Å². The molecule has 7 nitrogen and oxygen atoms in total. The van der Waals surface area contributed by atoms with Crippen LogP contribution in [0.15, 0.2) is 48.9 Å². The van der Waals surface area contributed by atoms with Crippen molar-refractivity contribution in [1.82, 2.24) is 9.55 Å². The summed E-state index contributed by atoms with van der Waals surface area (Å²) in [5.41, 5.74) is 1.69. The van der Waals surface area contributed by atoms with Gasteiger partial charge < -0.3 is 20.5 Å². The largest absolute Gasteiger partial charge is 0.508 e. The van der Waals surface area contributed by atoms with Crippen LogP contribution in [0, 0.1) is 5.92 Å². The van der Waals surface area contributed by atoms with Crippen molar-refractivity contribution in [2.45, 2.75) is 32.2 Å². The van der Waals surface area contributed by atoms with Gasteiger partial charge in [0.15, 0.2) is 0 Å². The van der Waals surface area contributed by atoms with Gasteiger partial charge in [0, 0.05) is 41.7 Å². The molecule has 1 aliphatic rings. The summed E-state index contributed by atoms with van der Waals surface area (Å²) >= 11 is 0. The first-order valence-corrected chi connectivity index (χ1v) is 9.19. The molecule has 0 atom stereocenters. The van der Waals surface area contributed by atoms with Crippen molar-refractivity contribution in [1.29, 1.82) is 0 Å². The minimum absolute atomic E-state index is 0. The molecule has 1 saturated carbocycles. The maximum atomic E-state index is 12.8. The molecule has 2 aromatic heterocycles. The number of anilines is 1. The van der Waals surface area contributed by atoms with Gasteiger partial charge in [-0.3, -0.25) is 14.6 Å². The molecule has 4 N–H and O–H groups in total. The molecule has 0 aliphatic heterocycles. The number of aromatic hydroxyl groups is 1. The van der Waals surface area contributed by atoms with Gasteiger partial charge in [-0.05, 0) is 49.1 Å². The van der Waals surface area contributed by atoms with E-state index in [1.807, 2.05) is 4.57 Å². The second-order valence-electron chi connectivity index (χ2n) is 7.07. The molecule has 1 aliphatic carbocycles. The highest BCUT2D eigenvalue weighted by Crippen LogP contribution is 2.31. The SMILES string of the molecule is O.O=C(Nc1ccncc1)C(=O)c1cn(CC2CCCC2)c2ccc(O)cc12. The molecule has 0 spiro atoms. The summed E-state index contributed by atoms with van der Waals surface area (Å²) in [5.74, 6) is -0.662. The van der Waals surface area contributed by atoms with E-state index in [2.05, 4.69) is 10.3 Å². The lowest BCUT2D eigenvalue weighted by molar-refractivity contribution is -0.112. The second-order valence-corrected chi connectivity index (χ2v) is 7.07. The summed E-state index contributed by atoms with van der Waals surface area (Å²) in [6, 6.07) is 8.21. The highest BCUT2D eigenvalue weighted by Gasteiger charge is 2.24. The van der Waals surface area contributed by atoms with E-state index in [-0.39, 0.29) is 11.2 Å². The molecule has 0 bridgehead atoms. The van der Waals surface area contributed by atoms with Crippen LogP contribution in [0.2, 0.25) is 0 Å². The van der Waals surface area contributed by atoms with Crippen molar-refractivity contribution in [2.75, 3.05) is 5.32 Å². The lowest BCUT2D eigenvalue weighted by atomic mass is 10.1. The van der Waals surface area contributed by atoms with Gasteiger partial charge in [-0.1, -0.05) is 12.8 Å². The Labute approximate surface area is 162 Å². The first-order chi connectivity index (χ1) is 13.1. The Balaban J connectivity index is 0.00000225. The minimum atomic E-state index is -0.704. The van der Waals surface area contributed by atoms with Gasteiger partial charge in [0.2, 0.25) is 0 Å². The van der Waals surface area contributed by atoms with E-state index in [4.69, 9.17) is 0 Å². The molecule has 0 saturated heterocycles. The first kappa shape index (κ1) is 19.6. The Kier molecular flexibility index (Phi) is 5.75. The van der Waals surface area contributed by atoms with Crippen LogP contribution >= 0.6 is 0 Å². The number of carbonyl (C=O) groups is 2. The second kappa shape index (κ2) is 8.22. The van der Waals surface area contributed by atoms with Crippen LogP contribution in [-0.4, -0.2) is 31.8 Å². The number of pyridine rings is 1. The fourth-order valence-corrected chi connectivity index (χ4v) is 3.83. The predicted molar refractivity (Wildman–Crippen MR) is 106 cm³/mol. The number of hydrogen-bond acceptors (Lipinski definition) is 4. The van der Waals surface area contributed by atoms with Gasteiger partial charge in [-0.15, -0.1) is 0 Å². The quantitative estimate of drug-likeness (QED) is 0.522. The monoisotopic (exact) mass is 381 g/mol. The van der Waals surface area contributed by atoms with Gasteiger partial charge in [0.1, 0.15) is 5.75 Å². The van der Waals surface area contributed by atoms with Crippen LogP contribution in [0.4, 0.5) is 5.69 Å². The Hall–Kier alpha value is -3.19. The van der Waals surface area contributed by atoms with Crippen molar-refractivity contribution in [2.24, 2.45) is 5.92 Å². The molecule has 1 amide bonds. The zero-order chi connectivity index (χ0) is 18.8. The van der Waals surface area contributed by atoms with Crippen molar-refractivity contribution in [3.8, 4) is 5.75 Å². The van der Waals surface area contributed by atoms with Gasteiger partial charge >= 0.3 is 0 Å². The number of nitrogens with zero attached hydrogens (tertiary/aromatic N) is 2. The van der Waals surface area contributed by atoms with Gasteiger partial charge in [-0.25, -0.2) is 0 Å². The normalized spacial score (nSPS) is 14.0. The van der Waals surface area contributed by atoms with Gasteiger partial charge in [-0.2, -0.15) is 0 Å². The fraction of sp³-hybridized carbons (Fsp3) is 0.286. The maximum absolute atomic E-state index is 12.8. The molecule has 7 heteroatoms. The molecular weight excluding hydrogens is 358 g/mol. The van der Waals surface area contributed by atoms with E-state index >= 15 is 0 Å². The molecule has 3 aromatic rings. The third-order valence-electron chi connectivity index (χ3n) is 5.18. The van der Waals surface area contributed by atoms with E-state index in [1.165, 1.54) is 25.7 Å². The fourth-order valence-electron chi connectivity index (χ4n) is 3.83. The molecule has 2 heterocycles. The number of Topliss-reactive ketones (excluding diaryl/α,β-unsaturated/α-hetero) is 1. The highest BCUT2D eigenvalue weighted by molar-refractivity contribution is 6.48. The number of benzene rings is 1. The average molecular weight is 381 g/mol. The molecule has 28 heavy (non-hydrogen) atoms. The summed E-state index contributed by atoms with van der Waals surface area (Å²) in [4.78, 5) is 29.1. The van der Waals surface area contributed by atoms with Crippen molar-refractivity contribution < 1.29 is 20.2 Å². The summed E-state index contributed by atoms with van der Waals surface area (Å²) in [6.07, 6.45) is 9.69. The number of ketones is 1. The number of amides is 1. The average Bonchev–Trinajstić information content (AvgIpc) is 3.30. The zero-order valence-corrected chi connectivity index (χ0v) is 15.4. The van der Waals surface area contributed by atoms with Crippen LogP contribution in [0.25, 0.3) is 10.9 Å². The Morgan fingerprint density at radius 3 is 2.57 bits per heavy atom. The van der Waals surface area contributed by atoms with Gasteiger partial charge in [0.25, 0.3) is 11.7 Å². The number of phenols is 1. The van der Waals surface area contributed by atoms with Crippen LogP contribution in [0.3, 0.4) is 0 Å². The van der Waals surface area contributed by atoms with Crippen molar-refractivity contribution in [3.05, 3.63) is 54.5 Å². The van der Waals surface area contributed by atoms with E-state index < -0.39 is 11.7 Å². The number of hydrogen-bond donors (Lipinski definition) is 2. The number of rotatable bonds is 5. The summed E-state index contributed by atoms with van der Waals surface area (Å²) in [6.45, 7) is 0.820. The zero-order valence-electron chi connectivity index (χ0n) is 15.4. The predicted octanol–water partition coefficient (Wildman–Crippen LogP) is 2.93. The molecule has 1 fully saturated rings. The summed E-state index contributed by atoms with van der Waals surface area (Å²) in [5, 5.41) is 13.1. The molecule has 1 aromatic carbocycles. The van der Waals surface area contributed by atoms with E-state index in [0.29, 0.717) is 22.6 Å². The number of carbonyl (C=O) groups excluding carboxylic acids is 2. The highest BCUT2D eigenvalue weighted by atomic mass is 16.3. The summed E-state index contributed by atoms with van der Waals surface area (Å²) in [7, 11) is 0. The Morgan fingerprint density at radius 1 is 1.14 bits per heavy atom. The standard InChI is InChI=1S/C21H21N3O3.H2O/c25-16-5-6-19-17(11-16)18(13-24(19)12-14-3-1-2-4-14)20(26)21(27)23-15-7-9-22-10-8-15;/h5-11,13-14,25H,1-4,12H2,(H,22,23,27);1H2. The third kappa shape index (κ3) is 3.89. The lowest BCUT2D eigenvalue weighted by Gasteiger charge is -2.11. The number of nitrogens with one attached hydrogen (secondary N) is 1. The molecule has 146 valence electrons. The molecule has 0 radical (unpaired) electrons. The minimum Gasteiger partial charge on any atom is -0.508 e. The molecule has 0 unspecified atom stereocenters. The summed E-state index contributed by atoms with van der Waals surface area (Å²) < 4.78 is 2.04. The molecule has 4 rings (SSSR count). The molecular formula is C21H23N3O4. The van der Waals surface area contributed by atoms with Crippen molar-refractivity contribution >= 4 is 28.3 Å². The van der Waals surface area contributed by atoms with E-state index in [9.17, 15) is 14.7 Å². The third-order valence-corrected chi connectivity index (χ3v) is 5.18. The lowest BCUT2D eigenvalue weighted by Crippen LogP contribution is -2.22. The smallest absolute Gasteiger partial charge is 0.296 e. The Bertz CT molecular complexity index is 992. The topological polar surface area (TPSA) is 116 Å². The van der Waals surface area contributed by atoms with Crippen LogP contribution in [-0.2, 0) is 11.3 Å². The number of phenolic OH excluding ortho intramolecular Hbond substituents is 1. The number of fused-ring (bicyclic) bond motifs is 1. The van der Waals surface area contributed by atoms with Crippen LogP contribution in [0.5, 0.6) is 5.75 Å². The van der Waals surface area contributed by atoms with Crippen LogP contribution in [0.1, 0.15) is 36.0 Å². The number of aromatic nitrogens is 2. The van der Waals surface area contributed by atoms with Crippen LogP contribution < -0.4 is 5.32 Å². The first-order valence-electron chi connectivity index (χ1n) is 9.19. The van der Waals surface area contributed by atoms with Crippen molar-refractivity contribution in [3.63, 3.8) is 0 Å². The Morgan fingerprint density at radius 2 is 1.86 bits per heavy atom. The van der Waals surface area contributed by atoms with Gasteiger partial charge in [0.05, 0.1) is 5.56 Å². The maximum Gasteiger partial charge on any atom is 0.296 e. The van der Waals surface area contributed by atoms with E-state index in [0.717, 1.165) is 12.1 Å².